The third-order valence-electron chi connectivity index (χ3n) is 4.09. The van der Waals surface area contributed by atoms with Crippen LogP contribution in [0.3, 0.4) is 0 Å². The van der Waals surface area contributed by atoms with E-state index in [1.165, 1.54) is 4.88 Å². The maximum atomic E-state index is 10.3. The summed E-state index contributed by atoms with van der Waals surface area (Å²) in [5, 5.41) is 15.8. The first kappa shape index (κ1) is 17.5. The van der Waals surface area contributed by atoms with Crippen molar-refractivity contribution in [2.45, 2.75) is 27.2 Å². The normalized spacial score (nSPS) is 11.0. The van der Waals surface area contributed by atoms with E-state index in [1.807, 2.05) is 25.1 Å². The molecule has 3 aromatic rings. The van der Waals surface area contributed by atoms with E-state index in [4.69, 9.17) is 4.98 Å². The molecule has 0 bridgehead atoms. The zero-order valence-corrected chi connectivity index (χ0v) is 15.7. The van der Waals surface area contributed by atoms with Crippen molar-refractivity contribution in [3.63, 3.8) is 0 Å². The highest BCUT2D eigenvalue weighted by Crippen LogP contribution is 2.34. The number of aromatic hydroxyl groups is 1. The second kappa shape index (κ2) is 7.70. The molecule has 2 heterocycles. The fraction of sp³-hybridized carbons (Fsp3) is 0.286. The molecule has 0 radical (unpaired) electrons. The molecule has 0 atom stereocenters. The quantitative estimate of drug-likeness (QED) is 0.576. The van der Waals surface area contributed by atoms with Crippen LogP contribution in [-0.2, 0) is 0 Å². The Morgan fingerprint density at radius 1 is 1.16 bits per heavy atom. The Kier molecular flexibility index (Phi) is 5.39. The van der Waals surface area contributed by atoms with Gasteiger partial charge >= 0.3 is 0 Å². The predicted molar refractivity (Wildman–Crippen MR) is 107 cm³/mol. The Labute approximate surface area is 153 Å². The number of nitrogens with zero attached hydrogens (tertiary/aromatic N) is 1. The summed E-state index contributed by atoms with van der Waals surface area (Å²) in [7, 11) is 0. The minimum Gasteiger partial charge on any atom is -0.507 e. The molecule has 130 valence electrons. The Morgan fingerprint density at radius 3 is 2.72 bits per heavy atom. The van der Waals surface area contributed by atoms with Crippen LogP contribution in [0, 0.1) is 12.8 Å². The molecule has 0 aliphatic rings. The molecular weight excluding hydrogens is 328 g/mol. The molecule has 2 N–H and O–H groups in total. The van der Waals surface area contributed by atoms with E-state index in [0.29, 0.717) is 5.92 Å². The van der Waals surface area contributed by atoms with Crippen LogP contribution in [0.5, 0.6) is 5.75 Å². The van der Waals surface area contributed by atoms with Crippen molar-refractivity contribution in [1.82, 2.24) is 4.98 Å². The first-order chi connectivity index (χ1) is 12.0. The van der Waals surface area contributed by atoms with E-state index in [2.05, 4.69) is 42.7 Å². The van der Waals surface area contributed by atoms with Crippen LogP contribution in [0.15, 0.2) is 47.8 Å². The molecule has 0 saturated heterocycles. The van der Waals surface area contributed by atoms with Crippen LogP contribution in [0.25, 0.3) is 21.7 Å². The minimum atomic E-state index is 0.259. The second-order valence-electron chi connectivity index (χ2n) is 6.73. The first-order valence-electron chi connectivity index (χ1n) is 8.63. The van der Waals surface area contributed by atoms with Crippen LogP contribution in [-0.4, -0.2) is 16.6 Å². The molecule has 0 fully saturated rings. The summed E-state index contributed by atoms with van der Waals surface area (Å²) < 4.78 is 0. The number of aromatic nitrogens is 1. The Balaban J connectivity index is 2.01. The smallest absolute Gasteiger partial charge is 0.127 e. The zero-order chi connectivity index (χ0) is 17.8. The molecule has 0 amide bonds. The number of phenolic OH excluding ortho intramolecular Hbond substituents is 1. The van der Waals surface area contributed by atoms with Gasteiger partial charge in [-0.05, 0) is 60.5 Å². The second-order valence-corrected chi connectivity index (χ2v) is 7.68. The highest BCUT2D eigenvalue weighted by molar-refractivity contribution is 7.13. The highest BCUT2D eigenvalue weighted by Gasteiger charge is 2.11. The maximum Gasteiger partial charge on any atom is 0.127 e. The third-order valence-corrected chi connectivity index (χ3v) is 5.01. The average molecular weight is 353 g/mol. The molecule has 0 aliphatic carbocycles. The summed E-state index contributed by atoms with van der Waals surface area (Å²) >= 11 is 1.71. The first-order valence-corrected chi connectivity index (χ1v) is 9.50. The van der Waals surface area contributed by atoms with Crippen molar-refractivity contribution in [3.05, 3.63) is 53.4 Å². The van der Waals surface area contributed by atoms with Gasteiger partial charge in [-0.25, -0.2) is 4.98 Å². The molecule has 0 saturated carbocycles. The van der Waals surface area contributed by atoms with E-state index in [-0.39, 0.29) is 5.75 Å². The van der Waals surface area contributed by atoms with Gasteiger partial charge in [-0.2, -0.15) is 0 Å². The molecular formula is C21H24N2OS. The van der Waals surface area contributed by atoms with Gasteiger partial charge in [0.05, 0.1) is 5.69 Å². The van der Waals surface area contributed by atoms with Gasteiger partial charge in [-0.1, -0.05) is 31.5 Å². The summed E-state index contributed by atoms with van der Waals surface area (Å²) in [6.07, 6.45) is 1.09. The van der Waals surface area contributed by atoms with E-state index in [0.717, 1.165) is 41.2 Å². The number of rotatable bonds is 6. The topological polar surface area (TPSA) is 45.1 Å². The predicted octanol–water partition coefficient (Wildman–Crippen LogP) is 5.95. The molecule has 3 rings (SSSR count). The largest absolute Gasteiger partial charge is 0.507 e. The van der Waals surface area contributed by atoms with Gasteiger partial charge in [-0.15, -0.1) is 11.3 Å². The fourth-order valence-corrected chi connectivity index (χ4v) is 3.40. The number of hydrogen-bond donors (Lipinski definition) is 2. The van der Waals surface area contributed by atoms with Crippen LogP contribution in [0.2, 0.25) is 0 Å². The summed E-state index contributed by atoms with van der Waals surface area (Å²) in [6.45, 7) is 7.34. The van der Waals surface area contributed by atoms with Crippen molar-refractivity contribution in [3.8, 4) is 27.4 Å². The summed E-state index contributed by atoms with van der Waals surface area (Å²) in [4.78, 5) is 5.94. The SMILES string of the molecule is Cc1ccc(O)c(-c2cc(-c3cccs3)cc(NCCC(C)C)n2)c1. The Morgan fingerprint density at radius 2 is 2.00 bits per heavy atom. The van der Waals surface area contributed by atoms with Gasteiger partial charge < -0.3 is 10.4 Å². The monoisotopic (exact) mass is 352 g/mol. The van der Waals surface area contributed by atoms with Crippen molar-refractivity contribution in [1.29, 1.82) is 0 Å². The Hall–Kier alpha value is -2.33. The number of nitrogens with one attached hydrogen (secondary N) is 1. The molecule has 1 aromatic carbocycles. The van der Waals surface area contributed by atoms with Crippen molar-refractivity contribution >= 4 is 17.2 Å². The number of phenols is 1. The molecule has 2 aromatic heterocycles. The standard InChI is InChI=1S/C21H24N2OS/c1-14(2)8-9-22-21-13-16(20-5-4-10-25-20)12-18(23-21)17-11-15(3)6-7-19(17)24/h4-7,10-14,24H,8-9H2,1-3H3,(H,22,23). The van der Waals surface area contributed by atoms with Crippen LogP contribution >= 0.6 is 11.3 Å². The molecule has 3 nitrogen and oxygen atoms in total. The van der Waals surface area contributed by atoms with Gasteiger partial charge in [0.2, 0.25) is 0 Å². The maximum absolute atomic E-state index is 10.3. The summed E-state index contributed by atoms with van der Waals surface area (Å²) in [5.74, 6) is 1.75. The number of anilines is 1. The van der Waals surface area contributed by atoms with Crippen LogP contribution < -0.4 is 5.32 Å². The minimum absolute atomic E-state index is 0.259. The lowest BCUT2D eigenvalue weighted by molar-refractivity contribution is 0.477. The van der Waals surface area contributed by atoms with Crippen LogP contribution in [0.4, 0.5) is 5.82 Å². The van der Waals surface area contributed by atoms with Gasteiger partial charge in [0, 0.05) is 17.0 Å². The van der Waals surface area contributed by atoms with Crippen LogP contribution in [0.1, 0.15) is 25.8 Å². The summed E-state index contributed by atoms with van der Waals surface area (Å²) in [5.41, 5.74) is 3.78. The van der Waals surface area contributed by atoms with Crippen molar-refractivity contribution in [2.75, 3.05) is 11.9 Å². The fourth-order valence-electron chi connectivity index (χ4n) is 2.69. The number of pyridine rings is 1. The summed E-state index contributed by atoms with van der Waals surface area (Å²) in [6, 6.07) is 13.9. The van der Waals surface area contributed by atoms with Gasteiger partial charge in [-0.3, -0.25) is 0 Å². The van der Waals surface area contributed by atoms with E-state index in [1.54, 1.807) is 17.4 Å². The molecule has 0 spiro atoms. The average Bonchev–Trinajstić information content (AvgIpc) is 3.11. The number of aryl methyl sites for hydroxylation is 1. The third kappa shape index (κ3) is 4.40. The lowest BCUT2D eigenvalue weighted by atomic mass is 10.0. The highest BCUT2D eigenvalue weighted by atomic mass is 32.1. The number of benzene rings is 1. The molecule has 25 heavy (non-hydrogen) atoms. The van der Waals surface area contributed by atoms with Crippen molar-refractivity contribution in [2.24, 2.45) is 5.92 Å². The number of thiophene rings is 1. The molecule has 0 aliphatic heterocycles. The lowest BCUT2D eigenvalue weighted by Gasteiger charge is -2.12. The Bertz CT molecular complexity index is 841. The van der Waals surface area contributed by atoms with E-state index in [9.17, 15) is 5.11 Å². The number of hydrogen-bond acceptors (Lipinski definition) is 4. The van der Waals surface area contributed by atoms with Crippen molar-refractivity contribution < 1.29 is 5.11 Å². The molecule has 0 unspecified atom stereocenters. The van der Waals surface area contributed by atoms with Gasteiger partial charge in [0.1, 0.15) is 11.6 Å². The zero-order valence-electron chi connectivity index (χ0n) is 14.9. The van der Waals surface area contributed by atoms with Gasteiger partial charge in [0.15, 0.2) is 0 Å². The van der Waals surface area contributed by atoms with E-state index >= 15 is 0 Å². The van der Waals surface area contributed by atoms with E-state index < -0.39 is 0 Å². The molecule has 4 heteroatoms. The lowest BCUT2D eigenvalue weighted by Crippen LogP contribution is -2.06. The van der Waals surface area contributed by atoms with Gasteiger partial charge in [0.25, 0.3) is 0 Å².